The van der Waals surface area contributed by atoms with E-state index in [1.165, 1.54) is 6.42 Å². The molecule has 28 heavy (non-hydrogen) atoms. The Morgan fingerprint density at radius 1 is 1.32 bits per heavy atom. The van der Waals surface area contributed by atoms with Crippen molar-refractivity contribution in [3.63, 3.8) is 0 Å². The Morgan fingerprint density at radius 3 is 2.61 bits per heavy atom. The molecule has 2 N–H and O–H groups in total. The maximum atomic E-state index is 12.3. The number of aromatic carboxylic acids is 1. The number of carboxylic acids is 1. The topological polar surface area (TPSA) is 77.8 Å². The summed E-state index contributed by atoms with van der Waals surface area (Å²) >= 11 is 0. The molecule has 1 heterocycles. The van der Waals surface area contributed by atoms with Crippen LogP contribution in [0, 0.1) is 5.41 Å². The number of likely N-dealkylation sites (tertiary alicyclic amines) is 1. The number of aliphatic hydroxyl groups excluding tert-OH is 1. The number of amides is 1. The maximum absolute atomic E-state index is 12.3. The van der Waals surface area contributed by atoms with Crippen LogP contribution in [-0.2, 0) is 11.2 Å². The third kappa shape index (κ3) is 4.46. The second-order valence-corrected chi connectivity index (χ2v) is 8.19. The zero-order valence-corrected chi connectivity index (χ0v) is 16.6. The van der Waals surface area contributed by atoms with Gasteiger partial charge in [0.1, 0.15) is 0 Å². The lowest BCUT2D eigenvalue weighted by Gasteiger charge is -2.45. The van der Waals surface area contributed by atoms with E-state index in [4.69, 9.17) is 5.11 Å². The van der Waals surface area contributed by atoms with Crippen LogP contribution in [-0.4, -0.2) is 45.7 Å². The number of carbonyl (C=O) groups is 2. The van der Waals surface area contributed by atoms with Gasteiger partial charge in [0, 0.05) is 13.0 Å². The van der Waals surface area contributed by atoms with E-state index in [0.29, 0.717) is 25.8 Å². The molecule has 5 heteroatoms. The average Bonchev–Trinajstić information content (AvgIpc) is 2.99. The van der Waals surface area contributed by atoms with Crippen molar-refractivity contribution in [2.75, 3.05) is 6.54 Å². The molecule has 0 radical (unpaired) electrons. The van der Waals surface area contributed by atoms with Crippen LogP contribution in [0.5, 0.6) is 0 Å². The van der Waals surface area contributed by atoms with Gasteiger partial charge < -0.3 is 15.1 Å². The van der Waals surface area contributed by atoms with Crippen LogP contribution in [0.2, 0.25) is 0 Å². The quantitative estimate of drug-likeness (QED) is 0.634. The van der Waals surface area contributed by atoms with Crippen LogP contribution in [0.15, 0.2) is 36.4 Å². The molecular formula is C23H31NO4. The Bertz CT molecular complexity index is 715. The molecule has 0 bridgehead atoms. The zero-order chi connectivity index (χ0) is 20.1. The molecule has 152 valence electrons. The predicted molar refractivity (Wildman–Crippen MR) is 108 cm³/mol. The van der Waals surface area contributed by atoms with Crippen molar-refractivity contribution in [3.05, 3.63) is 47.5 Å². The van der Waals surface area contributed by atoms with Crippen LogP contribution in [0.3, 0.4) is 0 Å². The summed E-state index contributed by atoms with van der Waals surface area (Å²) in [4.78, 5) is 25.1. The molecular weight excluding hydrogens is 354 g/mol. The van der Waals surface area contributed by atoms with Crippen molar-refractivity contribution in [3.8, 4) is 0 Å². The molecule has 1 saturated carbocycles. The van der Waals surface area contributed by atoms with E-state index in [2.05, 4.69) is 19.1 Å². The molecule has 2 atom stereocenters. The van der Waals surface area contributed by atoms with E-state index in [-0.39, 0.29) is 29.0 Å². The van der Waals surface area contributed by atoms with E-state index in [1.54, 1.807) is 12.1 Å². The van der Waals surface area contributed by atoms with E-state index < -0.39 is 5.97 Å². The highest BCUT2D eigenvalue weighted by molar-refractivity contribution is 5.87. The first-order valence-corrected chi connectivity index (χ1v) is 10.4. The SMILES string of the molecule is CCC1(C(O)C/C=C\C2CCC(=O)N2CCc2ccc(C(=O)O)cc2)CCC1. The molecule has 0 aromatic heterocycles. The lowest BCUT2D eigenvalue weighted by atomic mass is 9.63. The van der Waals surface area contributed by atoms with Crippen molar-refractivity contribution >= 4 is 11.9 Å². The molecule has 2 fully saturated rings. The lowest BCUT2D eigenvalue weighted by Crippen LogP contribution is -2.40. The Kier molecular flexibility index (Phi) is 6.55. The first kappa shape index (κ1) is 20.6. The van der Waals surface area contributed by atoms with Crippen LogP contribution in [0.4, 0.5) is 0 Å². The molecule has 3 rings (SSSR count). The molecule has 1 amide bonds. The van der Waals surface area contributed by atoms with Gasteiger partial charge in [0.05, 0.1) is 17.7 Å². The Balaban J connectivity index is 1.53. The standard InChI is InChI=1S/C23H31NO4/c1-2-23(14-4-15-23)20(25)6-3-5-19-11-12-21(26)24(19)16-13-17-7-9-18(10-8-17)22(27)28/h3,5,7-10,19-20,25H,2,4,6,11-16H2,1H3,(H,27,28)/b5-3-. The van der Waals surface area contributed by atoms with E-state index in [9.17, 15) is 14.7 Å². The van der Waals surface area contributed by atoms with E-state index >= 15 is 0 Å². The molecule has 5 nitrogen and oxygen atoms in total. The normalized spacial score (nSPS) is 22.4. The van der Waals surface area contributed by atoms with Gasteiger partial charge in [0.15, 0.2) is 0 Å². The smallest absolute Gasteiger partial charge is 0.335 e. The number of hydrogen-bond donors (Lipinski definition) is 2. The Labute approximate surface area is 167 Å². The summed E-state index contributed by atoms with van der Waals surface area (Å²) < 4.78 is 0. The first-order chi connectivity index (χ1) is 13.4. The van der Waals surface area contributed by atoms with Gasteiger partial charge in [-0.2, -0.15) is 0 Å². The lowest BCUT2D eigenvalue weighted by molar-refractivity contribution is -0.128. The number of aliphatic hydroxyl groups is 1. The molecule has 2 unspecified atom stereocenters. The van der Waals surface area contributed by atoms with Crippen LogP contribution in [0.25, 0.3) is 0 Å². The number of carboxylic acid groups (broad SMARTS) is 1. The van der Waals surface area contributed by atoms with Gasteiger partial charge in [0.2, 0.25) is 5.91 Å². The molecule has 1 aromatic rings. The molecule has 1 aliphatic heterocycles. The number of carbonyl (C=O) groups excluding carboxylic acids is 1. The molecule has 0 spiro atoms. The third-order valence-corrected chi connectivity index (χ3v) is 6.69. The van der Waals surface area contributed by atoms with Crippen molar-refractivity contribution in [2.45, 2.75) is 70.4 Å². The van der Waals surface area contributed by atoms with Crippen LogP contribution < -0.4 is 0 Å². The van der Waals surface area contributed by atoms with Gasteiger partial charge >= 0.3 is 5.97 Å². The molecule has 2 aliphatic rings. The summed E-state index contributed by atoms with van der Waals surface area (Å²) in [6.45, 7) is 2.79. The van der Waals surface area contributed by atoms with Crippen molar-refractivity contribution < 1.29 is 19.8 Å². The van der Waals surface area contributed by atoms with Gasteiger partial charge in [-0.15, -0.1) is 0 Å². The zero-order valence-electron chi connectivity index (χ0n) is 16.6. The maximum Gasteiger partial charge on any atom is 0.335 e. The van der Waals surface area contributed by atoms with Crippen molar-refractivity contribution in [2.24, 2.45) is 5.41 Å². The minimum atomic E-state index is -0.930. The average molecular weight is 386 g/mol. The van der Waals surface area contributed by atoms with Crippen LogP contribution >= 0.6 is 0 Å². The van der Waals surface area contributed by atoms with Crippen molar-refractivity contribution in [1.82, 2.24) is 4.90 Å². The largest absolute Gasteiger partial charge is 0.478 e. The van der Waals surface area contributed by atoms with E-state index in [0.717, 1.165) is 31.2 Å². The minimum Gasteiger partial charge on any atom is -0.478 e. The summed E-state index contributed by atoms with van der Waals surface area (Å²) in [7, 11) is 0. The first-order valence-electron chi connectivity index (χ1n) is 10.4. The summed E-state index contributed by atoms with van der Waals surface area (Å²) in [5.41, 5.74) is 1.41. The van der Waals surface area contributed by atoms with Gasteiger partial charge in [-0.25, -0.2) is 4.79 Å². The van der Waals surface area contributed by atoms with Crippen molar-refractivity contribution in [1.29, 1.82) is 0 Å². The fraction of sp³-hybridized carbons (Fsp3) is 0.565. The minimum absolute atomic E-state index is 0.0944. The number of hydrogen-bond acceptors (Lipinski definition) is 3. The summed E-state index contributed by atoms with van der Waals surface area (Å²) in [6, 6.07) is 6.93. The highest BCUT2D eigenvalue weighted by Crippen LogP contribution is 2.47. The molecule has 1 aliphatic carbocycles. The van der Waals surface area contributed by atoms with Gasteiger partial charge in [0.25, 0.3) is 0 Å². The molecule has 1 aromatic carbocycles. The number of nitrogens with zero attached hydrogens (tertiary/aromatic N) is 1. The fourth-order valence-electron chi connectivity index (χ4n) is 4.48. The highest BCUT2D eigenvalue weighted by atomic mass is 16.4. The van der Waals surface area contributed by atoms with Gasteiger partial charge in [-0.1, -0.05) is 37.6 Å². The van der Waals surface area contributed by atoms with Gasteiger partial charge in [-0.3, -0.25) is 4.79 Å². The molecule has 1 saturated heterocycles. The second kappa shape index (κ2) is 8.91. The van der Waals surface area contributed by atoms with Crippen LogP contribution in [0.1, 0.15) is 67.8 Å². The van der Waals surface area contributed by atoms with E-state index in [1.807, 2.05) is 17.0 Å². The third-order valence-electron chi connectivity index (χ3n) is 6.69. The Morgan fingerprint density at radius 2 is 2.04 bits per heavy atom. The number of benzene rings is 1. The predicted octanol–water partition coefficient (Wildman–Crippen LogP) is 3.81. The fourth-order valence-corrected chi connectivity index (χ4v) is 4.48. The summed E-state index contributed by atoms with van der Waals surface area (Å²) in [6.07, 6.45) is 11.1. The monoisotopic (exact) mass is 385 g/mol. The summed E-state index contributed by atoms with van der Waals surface area (Å²) in [5, 5.41) is 19.5. The number of rotatable bonds is 9. The highest BCUT2D eigenvalue weighted by Gasteiger charge is 2.41. The Hall–Kier alpha value is -2.14. The second-order valence-electron chi connectivity index (χ2n) is 8.19. The van der Waals surface area contributed by atoms with Gasteiger partial charge in [-0.05, 0) is 61.6 Å². The summed E-state index contributed by atoms with van der Waals surface area (Å²) in [5.74, 6) is -0.762.